The van der Waals surface area contributed by atoms with Gasteiger partial charge in [0.15, 0.2) is 0 Å². The molecule has 6 heteroatoms. The number of halogens is 2. The third kappa shape index (κ3) is 5.28. The summed E-state index contributed by atoms with van der Waals surface area (Å²) in [6.45, 7) is 0.926. The van der Waals surface area contributed by atoms with Gasteiger partial charge >= 0.3 is 0 Å². The molecule has 1 saturated heterocycles. The lowest BCUT2D eigenvalue weighted by Gasteiger charge is -2.38. The van der Waals surface area contributed by atoms with Gasteiger partial charge in [-0.25, -0.2) is 8.78 Å². The molecule has 0 aromatic heterocycles. The Balaban J connectivity index is 1.47. The maximum Gasteiger partial charge on any atom is 0.123 e. The number of benzene rings is 3. The average Bonchev–Trinajstić information content (AvgIpc) is 2.77. The van der Waals surface area contributed by atoms with E-state index in [9.17, 15) is 13.9 Å². The molecule has 1 aliphatic rings. The van der Waals surface area contributed by atoms with Gasteiger partial charge in [-0.3, -0.25) is 0 Å². The van der Waals surface area contributed by atoms with Crippen molar-refractivity contribution in [2.45, 2.75) is 37.1 Å². The van der Waals surface area contributed by atoms with E-state index in [0.29, 0.717) is 25.3 Å². The molecule has 0 spiro atoms. The lowest BCUT2D eigenvalue weighted by molar-refractivity contribution is -0.0718. The lowest BCUT2D eigenvalue weighted by Crippen LogP contribution is -2.50. The minimum Gasteiger partial charge on any atom is -0.399 e. The van der Waals surface area contributed by atoms with Crippen LogP contribution in [0.4, 0.5) is 14.5 Å². The molecule has 3 atom stereocenters. The van der Waals surface area contributed by atoms with Crippen molar-refractivity contribution in [2.24, 2.45) is 0 Å². The molecule has 0 radical (unpaired) electrons. The molecule has 1 heterocycles. The van der Waals surface area contributed by atoms with Gasteiger partial charge in [0.05, 0.1) is 24.9 Å². The van der Waals surface area contributed by atoms with E-state index >= 15 is 0 Å². The predicted molar refractivity (Wildman–Crippen MR) is 116 cm³/mol. The van der Waals surface area contributed by atoms with E-state index in [2.05, 4.69) is 5.32 Å². The highest BCUT2D eigenvalue weighted by Crippen LogP contribution is 2.35. The standard InChI is InChI=1S/C25H26F2N2O2/c26-19-7-3-17(4-8-19)25(18-5-9-20(27)10-6-18)24-13-23(30)22(15-31-24)29-14-16-1-11-21(28)12-2-16/h1-12,22-25,29-30H,13-15,28H2. The van der Waals surface area contributed by atoms with Gasteiger partial charge in [-0.1, -0.05) is 36.4 Å². The molecule has 3 unspecified atom stereocenters. The number of aliphatic hydroxyl groups is 1. The normalized spacial score (nSPS) is 21.4. The molecule has 1 aliphatic heterocycles. The fourth-order valence-corrected chi connectivity index (χ4v) is 4.08. The lowest BCUT2D eigenvalue weighted by atomic mass is 9.82. The largest absolute Gasteiger partial charge is 0.399 e. The third-order valence-electron chi connectivity index (χ3n) is 5.81. The Bertz CT molecular complexity index is 932. The second kappa shape index (κ2) is 9.56. The molecule has 0 bridgehead atoms. The van der Waals surface area contributed by atoms with Crippen LogP contribution >= 0.6 is 0 Å². The van der Waals surface area contributed by atoms with Gasteiger partial charge in [0, 0.05) is 24.6 Å². The Labute approximate surface area is 180 Å². The smallest absolute Gasteiger partial charge is 0.123 e. The van der Waals surface area contributed by atoms with Gasteiger partial charge < -0.3 is 20.9 Å². The second-order valence-electron chi connectivity index (χ2n) is 7.98. The summed E-state index contributed by atoms with van der Waals surface area (Å²) in [5.41, 5.74) is 9.22. The highest BCUT2D eigenvalue weighted by molar-refractivity contribution is 5.39. The molecule has 31 heavy (non-hydrogen) atoms. The number of anilines is 1. The van der Waals surface area contributed by atoms with Crippen molar-refractivity contribution in [3.63, 3.8) is 0 Å². The highest BCUT2D eigenvalue weighted by Gasteiger charge is 2.35. The summed E-state index contributed by atoms with van der Waals surface area (Å²) in [7, 11) is 0. The van der Waals surface area contributed by atoms with Crippen molar-refractivity contribution in [1.82, 2.24) is 5.32 Å². The van der Waals surface area contributed by atoms with E-state index in [1.807, 2.05) is 24.3 Å². The van der Waals surface area contributed by atoms with Crippen LogP contribution < -0.4 is 11.1 Å². The van der Waals surface area contributed by atoms with Gasteiger partial charge in [0.25, 0.3) is 0 Å². The SMILES string of the molecule is Nc1ccc(CNC2COC(C(c3ccc(F)cc3)c3ccc(F)cc3)CC2O)cc1. The summed E-state index contributed by atoms with van der Waals surface area (Å²) in [4.78, 5) is 0. The number of aliphatic hydroxyl groups excluding tert-OH is 1. The molecule has 4 rings (SSSR count). The third-order valence-corrected chi connectivity index (χ3v) is 5.81. The van der Waals surface area contributed by atoms with Crippen molar-refractivity contribution >= 4 is 5.69 Å². The summed E-state index contributed by atoms with van der Waals surface area (Å²) in [6, 6.07) is 19.8. The number of nitrogens with two attached hydrogens (primary N) is 1. The fourth-order valence-electron chi connectivity index (χ4n) is 4.08. The van der Waals surface area contributed by atoms with Gasteiger partial charge in [0.2, 0.25) is 0 Å². The first-order valence-electron chi connectivity index (χ1n) is 10.4. The van der Waals surface area contributed by atoms with Gasteiger partial charge in [-0.15, -0.1) is 0 Å². The van der Waals surface area contributed by atoms with Crippen LogP contribution in [-0.2, 0) is 11.3 Å². The van der Waals surface area contributed by atoms with Crippen LogP contribution in [0.15, 0.2) is 72.8 Å². The summed E-state index contributed by atoms with van der Waals surface area (Å²) in [5.74, 6) is -0.884. The minimum atomic E-state index is -0.615. The van der Waals surface area contributed by atoms with Crippen molar-refractivity contribution in [1.29, 1.82) is 0 Å². The first-order valence-corrected chi connectivity index (χ1v) is 10.4. The zero-order valence-corrected chi connectivity index (χ0v) is 17.0. The van der Waals surface area contributed by atoms with Crippen molar-refractivity contribution in [3.8, 4) is 0 Å². The quantitative estimate of drug-likeness (QED) is 0.524. The summed E-state index contributed by atoms with van der Waals surface area (Å²) in [5, 5.41) is 14.2. The minimum absolute atomic E-state index is 0.212. The van der Waals surface area contributed by atoms with Crippen LogP contribution in [0.1, 0.15) is 29.0 Å². The van der Waals surface area contributed by atoms with Gasteiger partial charge in [-0.2, -0.15) is 0 Å². The average molecular weight is 424 g/mol. The first-order chi connectivity index (χ1) is 15.0. The van der Waals surface area contributed by atoms with Crippen molar-refractivity contribution in [3.05, 3.63) is 101 Å². The number of rotatable bonds is 6. The molecule has 1 fully saturated rings. The molecule has 162 valence electrons. The van der Waals surface area contributed by atoms with E-state index in [1.54, 1.807) is 24.3 Å². The molecule has 4 N–H and O–H groups in total. The van der Waals surface area contributed by atoms with Gasteiger partial charge in [0.1, 0.15) is 11.6 Å². The Kier molecular flexibility index (Phi) is 6.61. The van der Waals surface area contributed by atoms with E-state index in [-0.39, 0.29) is 29.7 Å². The first kappa shape index (κ1) is 21.4. The van der Waals surface area contributed by atoms with Crippen LogP contribution in [0.2, 0.25) is 0 Å². The maximum atomic E-state index is 13.5. The molecule has 0 aliphatic carbocycles. The molecule has 0 saturated carbocycles. The molecule has 0 amide bonds. The maximum absolute atomic E-state index is 13.5. The topological polar surface area (TPSA) is 67.5 Å². The Morgan fingerprint density at radius 1 is 0.903 bits per heavy atom. The fraction of sp³-hybridized carbons (Fsp3) is 0.280. The van der Waals surface area contributed by atoms with E-state index in [1.165, 1.54) is 24.3 Å². The monoisotopic (exact) mass is 424 g/mol. The van der Waals surface area contributed by atoms with Crippen LogP contribution in [0, 0.1) is 11.6 Å². The highest BCUT2D eigenvalue weighted by atomic mass is 19.1. The molecular weight excluding hydrogens is 398 g/mol. The zero-order chi connectivity index (χ0) is 21.8. The number of nitrogen functional groups attached to an aromatic ring is 1. The number of hydrogen-bond acceptors (Lipinski definition) is 4. The van der Waals surface area contributed by atoms with Crippen molar-refractivity contribution in [2.75, 3.05) is 12.3 Å². The van der Waals surface area contributed by atoms with Crippen molar-refractivity contribution < 1.29 is 18.6 Å². The summed E-state index contributed by atoms with van der Waals surface area (Å²) in [6.07, 6.45) is -0.532. The Morgan fingerprint density at radius 3 is 1.97 bits per heavy atom. The predicted octanol–water partition coefficient (Wildman–Crippen LogP) is 3.99. The van der Waals surface area contributed by atoms with E-state index in [4.69, 9.17) is 10.5 Å². The Morgan fingerprint density at radius 2 is 1.45 bits per heavy atom. The van der Waals surface area contributed by atoms with Crippen LogP contribution in [0.5, 0.6) is 0 Å². The molecule has 3 aromatic rings. The van der Waals surface area contributed by atoms with Gasteiger partial charge in [-0.05, 0) is 53.1 Å². The second-order valence-corrected chi connectivity index (χ2v) is 7.98. The number of hydrogen-bond donors (Lipinski definition) is 3. The number of nitrogens with one attached hydrogen (secondary N) is 1. The van der Waals surface area contributed by atoms with Crippen LogP contribution in [0.3, 0.4) is 0 Å². The number of ether oxygens (including phenoxy) is 1. The van der Waals surface area contributed by atoms with Crippen LogP contribution in [-0.4, -0.2) is 30.0 Å². The van der Waals surface area contributed by atoms with Crippen LogP contribution in [0.25, 0.3) is 0 Å². The molecular formula is C25H26F2N2O2. The summed E-state index contributed by atoms with van der Waals surface area (Å²) >= 11 is 0. The molecule has 4 nitrogen and oxygen atoms in total. The Hall–Kier alpha value is -2.80. The summed E-state index contributed by atoms with van der Waals surface area (Å²) < 4.78 is 33.1. The van der Waals surface area contributed by atoms with E-state index < -0.39 is 6.10 Å². The zero-order valence-electron chi connectivity index (χ0n) is 17.0. The van der Waals surface area contributed by atoms with E-state index in [0.717, 1.165) is 16.7 Å². The molecule has 3 aromatic carbocycles.